The molecule has 0 aromatic carbocycles. The van der Waals surface area contributed by atoms with Crippen LogP contribution < -0.4 is 4.72 Å². The molecule has 10 heteroatoms. The van der Waals surface area contributed by atoms with Gasteiger partial charge in [0.15, 0.2) is 0 Å². The van der Waals surface area contributed by atoms with Crippen LogP contribution in [0.25, 0.3) is 0 Å². The zero-order valence-corrected chi connectivity index (χ0v) is 10.6. The van der Waals surface area contributed by atoms with Crippen LogP contribution in [0.5, 0.6) is 0 Å². The van der Waals surface area contributed by atoms with E-state index in [1.165, 1.54) is 12.4 Å². The fraction of sp³-hybridized carbons (Fsp3) is 0.444. The first-order chi connectivity index (χ1) is 8.82. The van der Waals surface area contributed by atoms with E-state index in [-0.39, 0.29) is 12.3 Å². The number of rotatable bonds is 4. The Bertz CT molecular complexity index is 625. The van der Waals surface area contributed by atoms with Crippen molar-refractivity contribution in [2.45, 2.75) is 18.4 Å². The maximum absolute atomic E-state index is 12.4. The Morgan fingerprint density at radius 1 is 1.47 bits per heavy atom. The number of aliphatic imine (C=N–C) groups is 1. The van der Waals surface area contributed by atoms with Gasteiger partial charge in [-0.05, 0) is 0 Å². The van der Waals surface area contributed by atoms with Crippen molar-refractivity contribution in [3.63, 3.8) is 0 Å². The van der Waals surface area contributed by atoms with Gasteiger partial charge >= 0.3 is 6.43 Å². The molecule has 7 nitrogen and oxygen atoms in total. The Kier molecular flexibility index (Phi) is 3.45. The summed E-state index contributed by atoms with van der Waals surface area (Å²) in [5, 5.41) is 6.65. The smallest absolute Gasteiger partial charge is 0.314 e. The quantitative estimate of drug-likeness (QED) is 0.882. The topological polar surface area (TPSA) is 97.5 Å². The summed E-state index contributed by atoms with van der Waals surface area (Å²) in [6.45, 7) is 0. The van der Waals surface area contributed by atoms with Gasteiger partial charge in [0.25, 0.3) is 5.89 Å². The molecule has 104 valence electrons. The van der Waals surface area contributed by atoms with Gasteiger partial charge in [-0.2, -0.15) is 13.5 Å². The summed E-state index contributed by atoms with van der Waals surface area (Å²) < 4.78 is 54.7. The number of sulfonamides is 1. The fourth-order valence-electron chi connectivity index (χ4n) is 1.61. The van der Waals surface area contributed by atoms with E-state index in [4.69, 9.17) is 4.42 Å². The number of hydrogen-bond donors (Lipinski definition) is 1. The third-order valence-corrected chi connectivity index (χ3v) is 3.04. The predicted octanol–water partition coefficient (Wildman–Crippen LogP) is 0.740. The second-order valence-corrected chi connectivity index (χ2v) is 5.71. The standard InChI is InChI=1S/C9H10F2N4O3S/c1-19(16,17)15-9(3-2-4-12-5-9)8-14-13-7(18-8)6(10)11/h2,4-6,15H,3H2,1H3. The van der Waals surface area contributed by atoms with Crippen molar-refractivity contribution in [1.82, 2.24) is 14.9 Å². The minimum Gasteiger partial charge on any atom is -0.417 e. The van der Waals surface area contributed by atoms with Gasteiger partial charge in [-0.3, -0.25) is 4.99 Å². The maximum atomic E-state index is 12.4. The van der Waals surface area contributed by atoms with E-state index in [0.29, 0.717) is 0 Å². The molecule has 1 aromatic heterocycles. The van der Waals surface area contributed by atoms with Crippen LogP contribution in [0.1, 0.15) is 24.6 Å². The highest BCUT2D eigenvalue weighted by Gasteiger charge is 2.39. The summed E-state index contributed by atoms with van der Waals surface area (Å²) in [6, 6.07) is 0. The number of hydrogen-bond acceptors (Lipinski definition) is 6. The Balaban J connectivity index is 2.42. The molecule has 19 heavy (non-hydrogen) atoms. The number of nitrogens with one attached hydrogen (secondary N) is 1. The van der Waals surface area contributed by atoms with Crippen LogP contribution in [0, 0.1) is 0 Å². The van der Waals surface area contributed by atoms with Crippen molar-refractivity contribution in [1.29, 1.82) is 0 Å². The molecule has 0 bridgehead atoms. The predicted molar refractivity (Wildman–Crippen MR) is 61.2 cm³/mol. The molecule has 0 radical (unpaired) electrons. The molecule has 0 amide bonds. The highest BCUT2D eigenvalue weighted by atomic mass is 32.2. The molecule has 1 atom stereocenters. The SMILES string of the molecule is CS(=O)(=O)NC1(c2nnc(C(F)F)o2)C=NC=CC1. The number of alkyl halides is 2. The van der Waals surface area contributed by atoms with Crippen LogP contribution in [0.2, 0.25) is 0 Å². The maximum Gasteiger partial charge on any atom is 0.314 e. The van der Waals surface area contributed by atoms with Crippen LogP contribution in [0.4, 0.5) is 8.78 Å². The van der Waals surface area contributed by atoms with Crippen molar-refractivity contribution in [3.8, 4) is 0 Å². The number of halogens is 2. The molecule has 0 saturated heterocycles. The molecule has 0 aliphatic carbocycles. The highest BCUT2D eigenvalue weighted by molar-refractivity contribution is 7.88. The van der Waals surface area contributed by atoms with E-state index in [1.54, 1.807) is 6.08 Å². The minimum absolute atomic E-state index is 0.133. The highest BCUT2D eigenvalue weighted by Crippen LogP contribution is 2.28. The summed E-state index contributed by atoms with van der Waals surface area (Å²) in [7, 11) is -3.63. The van der Waals surface area contributed by atoms with Crippen LogP contribution in [0.15, 0.2) is 21.7 Å². The molecule has 0 saturated carbocycles. The van der Waals surface area contributed by atoms with Crippen LogP contribution >= 0.6 is 0 Å². The van der Waals surface area contributed by atoms with Crippen molar-refractivity contribution < 1.29 is 21.6 Å². The first kappa shape index (κ1) is 13.7. The Labute approximate surface area is 107 Å². The van der Waals surface area contributed by atoms with Crippen LogP contribution in [0.3, 0.4) is 0 Å². The van der Waals surface area contributed by atoms with E-state index in [2.05, 4.69) is 19.9 Å². The lowest BCUT2D eigenvalue weighted by Gasteiger charge is -2.26. The zero-order chi connectivity index (χ0) is 14.1. The zero-order valence-electron chi connectivity index (χ0n) is 9.75. The largest absolute Gasteiger partial charge is 0.417 e. The average Bonchev–Trinajstić information content (AvgIpc) is 2.77. The van der Waals surface area contributed by atoms with Gasteiger partial charge in [-0.15, -0.1) is 10.2 Å². The molecule has 1 unspecified atom stereocenters. The van der Waals surface area contributed by atoms with Gasteiger partial charge in [-0.1, -0.05) is 6.08 Å². The van der Waals surface area contributed by atoms with E-state index < -0.39 is 27.9 Å². The second kappa shape index (κ2) is 4.78. The van der Waals surface area contributed by atoms with Gasteiger partial charge < -0.3 is 4.42 Å². The van der Waals surface area contributed by atoms with Gasteiger partial charge in [0.1, 0.15) is 5.54 Å². The Morgan fingerprint density at radius 2 is 2.21 bits per heavy atom. The lowest BCUT2D eigenvalue weighted by Crippen LogP contribution is -2.47. The van der Waals surface area contributed by atoms with E-state index >= 15 is 0 Å². The molecule has 0 spiro atoms. The molecule has 2 rings (SSSR count). The monoisotopic (exact) mass is 292 g/mol. The minimum atomic E-state index is -3.63. The third-order valence-electron chi connectivity index (χ3n) is 2.30. The van der Waals surface area contributed by atoms with Gasteiger partial charge in [-0.25, -0.2) is 8.42 Å². The van der Waals surface area contributed by atoms with Crippen LogP contribution in [-0.4, -0.2) is 31.1 Å². The van der Waals surface area contributed by atoms with Crippen molar-refractivity contribution in [3.05, 3.63) is 24.1 Å². The van der Waals surface area contributed by atoms with E-state index in [0.717, 1.165) is 6.26 Å². The van der Waals surface area contributed by atoms with Gasteiger partial charge in [0.2, 0.25) is 15.9 Å². The molecule has 1 aliphatic rings. The molecule has 0 fully saturated rings. The molecule has 1 aromatic rings. The summed E-state index contributed by atoms with van der Waals surface area (Å²) >= 11 is 0. The van der Waals surface area contributed by atoms with Crippen molar-refractivity contribution in [2.24, 2.45) is 4.99 Å². The Morgan fingerprint density at radius 3 is 2.68 bits per heavy atom. The van der Waals surface area contributed by atoms with Gasteiger partial charge in [0, 0.05) is 18.8 Å². The average molecular weight is 292 g/mol. The summed E-state index contributed by atoms with van der Waals surface area (Å²) in [4.78, 5) is 3.80. The van der Waals surface area contributed by atoms with Crippen molar-refractivity contribution >= 4 is 16.2 Å². The molecule has 1 aliphatic heterocycles. The lowest BCUT2D eigenvalue weighted by molar-refractivity contribution is 0.111. The third kappa shape index (κ3) is 3.01. The normalized spacial score (nSPS) is 23.2. The molecule has 2 heterocycles. The summed E-state index contributed by atoms with van der Waals surface area (Å²) in [5.74, 6) is -1.14. The molecular weight excluding hydrogens is 282 g/mol. The Hall–Kier alpha value is -1.68. The van der Waals surface area contributed by atoms with Gasteiger partial charge in [0.05, 0.1) is 6.26 Å². The summed E-state index contributed by atoms with van der Waals surface area (Å²) in [6.07, 6.45) is 2.39. The summed E-state index contributed by atoms with van der Waals surface area (Å²) in [5.41, 5.74) is -1.43. The number of nitrogens with zero attached hydrogens (tertiary/aromatic N) is 3. The number of aromatic nitrogens is 2. The first-order valence-corrected chi connectivity index (χ1v) is 7.02. The second-order valence-electron chi connectivity index (χ2n) is 3.96. The van der Waals surface area contributed by atoms with E-state index in [9.17, 15) is 17.2 Å². The first-order valence-electron chi connectivity index (χ1n) is 5.13. The lowest BCUT2D eigenvalue weighted by atomic mass is 9.97. The van der Waals surface area contributed by atoms with Crippen LogP contribution in [-0.2, 0) is 15.6 Å². The molecule has 1 N–H and O–H groups in total. The van der Waals surface area contributed by atoms with Crippen molar-refractivity contribution in [2.75, 3.05) is 6.26 Å². The van der Waals surface area contributed by atoms with E-state index in [1.807, 2.05) is 0 Å². The molecular formula is C9H10F2N4O3S. The fourth-order valence-corrected chi connectivity index (χ4v) is 2.50.